The molecule has 0 unspecified atom stereocenters. The number of carbonyl (C=O) groups excluding carboxylic acids is 1. The van der Waals surface area contributed by atoms with Crippen LogP contribution < -0.4 is 10.1 Å². The van der Waals surface area contributed by atoms with Gasteiger partial charge in [0.25, 0.3) is 5.91 Å². The number of ether oxygens (including phenoxy) is 2. The summed E-state index contributed by atoms with van der Waals surface area (Å²) < 4.78 is 11.1. The number of carbonyl (C=O) groups is 1. The average Bonchev–Trinajstić information content (AvgIpc) is 2.57. The molecule has 2 aromatic rings. The zero-order chi connectivity index (χ0) is 15.2. The molecular weight excluding hydrogens is 282 g/mol. The van der Waals surface area contributed by atoms with Gasteiger partial charge in [-0.2, -0.15) is 0 Å². The highest BCUT2D eigenvalue weighted by Crippen LogP contribution is 2.17. The Balaban J connectivity index is 1.66. The number of pyridine rings is 2. The van der Waals surface area contributed by atoms with Gasteiger partial charge in [0.05, 0.1) is 25.1 Å². The third kappa shape index (κ3) is 3.79. The van der Waals surface area contributed by atoms with Gasteiger partial charge in [-0.15, -0.1) is 0 Å². The van der Waals surface area contributed by atoms with E-state index in [0.29, 0.717) is 30.3 Å². The van der Waals surface area contributed by atoms with Crippen LogP contribution in [0.2, 0.25) is 0 Å². The van der Waals surface area contributed by atoms with E-state index in [1.54, 1.807) is 42.9 Å². The summed E-state index contributed by atoms with van der Waals surface area (Å²) in [6.45, 7) is 1.40. The van der Waals surface area contributed by atoms with Crippen LogP contribution in [0.15, 0.2) is 42.9 Å². The lowest BCUT2D eigenvalue weighted by Gasteiger charge is -2.22. The maximum Gasteiger partial charge on any atom is 0.255 e. The number of aromatic nitrogens is 2. The molecule has 0 aromatic carbocycles. The number of hydrogen-bond donors (Lipinski definition) is 1. The highest BCUT2D eigenvalue weighted by atomic mass is 16.5. The topological polar surface area (TPSA) is 73.3 Å². The van der Waals surface area contributed by atoms with Gasteiger partial charge >= 0.3 is 0 Å². The minimum absolute atomic E-state index is 0.0953. The Morgan fingerprint density at radius 2 is 2.14 bits per heavy atom. The molecule has 3 rings (SSSR count). The lowest BCUT2D eigenvalue weighted by molar-refractivity contribution is 0.0237. The first kappa shape index (κ1) is 14.5. The van der Waals surface area contributed by atoms with Crippen molar-refractivity contribution in [2.45, 2.75) is 18.9 Å². The quantitative estimate of drug-likeness (QED) is 0.937. The van der Waals surface area contributed by atoms with Crippen LogP contribution >= 0.6 is 0 Å². The predicted octanol–water partition coefficient (Wildman–Crippen LogP) is 2.29. The van der Waals surface area contributed by atoms with E-state index >= 15 is 0 Å². The summed E-state index contributed by atoms with van der Waals surface area (Å²) in [6.07, 6.45) is 6.60. The number of hydrogen-bond acceptors (Lipinski definition) is 5. The van der Waals surface area contributed by atoms with Gasteiger partial charge in [-0.1, -0.05) is 0 Å². The third-order valence-corrected chi connectivity index (χ3v) is 3.37. The van der Waals surface area contributed by atoms with E-state index in [4.69, 9.17) is 9.47 Å². The summed E-state index contributed by atoms with van der Waals surface area (Å²) >= 11 is 0. The maximum atomic E-state index is 12.2. The molecule has 1 aliphatic rings. The lowest BCUT2D eigenvalue weighted by atomic mass is 10.1. The van der Waals surface area contributed by atoms with Crippen LogP contribution in [0.4, 0.5) is 5.69 Å². The van der Waals surface area contributed by atoms with Crippen molar-refractivity contribution in [3.63, 3.8) is 0 Å². The normalized spacial score (nSPS) is 15.3. The minimum atomic E-state index is -0.216. The number of amides is 1. The maximum absolute atomic E-state index is 12.2. The highest BCUT2D eigenvalue weighted by molar-refractivity contribution is 6.04. The monoisotopic (exact) mass is 299 g/mol. The molecule has 2 aromatic heterocycles. The number of rotatable bonds is 4. The minimum Gasteiger partial charge on any atom is -0.474 e. The molecule has 6 nitrogen and oxygen atoms in total. The van der Waals surface area contributed by atoms with E-state index < -0.39 is 0 Å². The molecule has 0 bridgehead atoms. The van der Waals surface area contributed by atoms with Gasteiger partial charge in [0, 0.05) is 36.9 Å². The van der Waals surface area contributed by atoms with Crippen molar-refractivity contribution in [3.8, 4) is 5.88 Å². The van der Waals surface area contributed by atoms with Crippen LogP contribution in [0.25, 0.3) is 0 Å². The van der Waals surface area contributed by atoms with E-state index in [9.17, 15) is 4.79 Å². The zero-order valence-electron chi connectivity index (χ0n) is 12.1. The van der Waals surface area contributed by atoms with Crippen molar-refractivity contribution in [1.29, 1.82) is 0 Å². The van der Waals surface area contributed by atoms with E-state index in [1.165, 1.54) is 0 Å². The van der Waals surface area contributed by atoms with Crippen LogP contribution in [0.3, 0.4) is 0 Å². The summed E-state index contributed by atoms with van der Waals surface area (Å²) in [4.78, 5) is 20.3. The van der Waals surface area contributed by atoms with Crippen LogP contribution in [0.5, 0.6) is 5.88 Å². The second-order valence-corrected chi connectivity index (χ2v) is 5.01. The Bertz CT molecular complexity index is 628. The molecule has 22 heavy (non-hydrogen) atoms. The van der Waals surface area contributed by atoms with Crippen LogP contribution in [0, 0.1) is 0 Å². The van der Waals surface area contributed by atoms with Crippen LogP contribution in [-0.4, -0.2) is 35.2 Å². The summed E-state index contributed by atoms with van der Waals surface area (Å²) in [6, 6.07) is 6.86. The molecule has 1 amide bonds. The van der Waals surface area contributed by atoms with E-state index in [-0.39, 0.29) is 12.0 Å². The molecule has 1 aliphatic heterocycles. The Morgan fingerprint density at radius 1 is 1.27 bits per heavy atom. The second-order valence-electron chi connectivity index (χ2n) is 5.01. The van der Waals surface area contributed by atoms with Gasteiger partial charge in [-0.3, -0.25) is 9.78 Å². The van der Waals surface area contributed by atoms with Crippen molar-refractivity contribution in [2.24, 2.45) is 0 Å². The molecule has 6 heteroatoms. The second kappa shape index (κ2) is 7.00. The molecule has 0 atom stereocenters. The van der Waals surface area contributed by atoms with E-state index in [1.807, 2.05) is 0 Å². The SMILES string of the molecule is O=C(Nc1cccnc1)c1ccnc(OC2CCOCC2)c1. The largest absolute Gasteiger partial charge is 0.474 e. The van der Waals surface area contributed by atoms with Crippen molar-refractivity contribution in [2.75, 3.05) is 18.5 Å². The molecule has 114 valence electrons. The van der Waals surface area contributed by atoms with E-state index in [2.05, 4.69) is 15.3 Å². The molecule has 3 heterocycles. The number of nitrogens with zero attached hydrogens (tertiary/aromatic N) is 2. The molecule has 1 saturated heterocycles. The standard InChI is InChI=1S/C16H17N3O3/c20-16(19-13-2-1-6-17-11-13)12-3-7-18-15(10-12)22-14-4-8-21-9-5-14/h1-3,6-7,10-11,14H,4-5,8-9H2,(H,19,20). The lowest BCUT2D eigenvalue weighted by Crippen LogP contribution is -2.26. The van der Waals surface area contributed by atoms with Gasteiger partial charge in [-0.05, 0) is 18.2 Å². The molecule has 0 aliphatic carbocycles. The Labute approximate surface area is 128 Å². The average molecular weight is 299 g/mol. The van der Waals surface area contributed by atoms with Crippen molar-refractivity contribution in [3.05, 3.63) is 48.4 Å². The molecule has 0 radical (unpaired) electrons. The highest BCUT2D eigenvalue weighted by Gasteiger charge is 2.16. The third-order valence-electron chi connectivity index (χ3n) is 3.37. The summed E-state index contributed by atoms with van der Waals surface area (Å²) in [7, 11) is 0. The number of nitrogens with one attached hydrogen (secondary N) is 1. The summed E-state index contributed by atoms with van der Waals surface area (Å²) in [5, 5.41) is 2.78. The smallest absolute Gasteiger partial charge is 0.255 e. The van der Waals surface area contributed by atoms with Crippen molar-refractivity contribution < 1.29 is 14.3 Å². The molecule has 1 fully saturated rings. The Kier molecular flexibility index (Phi) is 4.60. The summed E-state index contributed by atoms with van der Waals surface area (Å²) in [5.74, 6) is 0.248. The fourth-order valence-corrected chi connectivity index (χ4v) is 2.22. The summed E-state index contributed by atoms with van der Waals surface area (Å²) in [5.41, 5.74) is 1.15. The van der Waals surface area contributed by atoms with Gasteiger partial charge < -0.3 is 14.8 Å². The van der Waals surface area contributed by atoms with Crippen LogP contribution in [0.1, 0.15) is 23.2 Å². The molecule has 1 N–H and O–H groups in total. The van der Waals surface area contributed by atoms with Gasteiger partial charge in [0.15, 0.2) is 0 Å². The Morgan fingerprint density at radius 3 is 2.91 bits per heavy atom. The van der Waals surface area contributed by atoms with E-state index in [0.717, 1.165) is 12.8 Å². The molecule has 0 saturated carbocycles. The first-order chi connectivity index (χ1) is 10.8. The van der Waals surface area contributed by atoms with Crippen molar-refractivity contribution in [1.82, 2.24) is 9.97 Å². The first-order valence-corrected chi connectivity index (χ1v) is 7.23. The van der Waals surface area contributed by atoms with Gasteiger partial charge in [-0.25, -0.2) is 4.98 Å². The number of anilines is 1. The van der Waals surface area contributed by atoms with Crippen molar-refractivity contribution >= 4 is 11.6 Å². The van der Waals surface area contributed by atoms with Gasteiger partial charge in [0.2, 0.25) is 5.88 Å². The first-order valence-electron chi connectivity index (χ1n) is 7.23. The van der Waals surface area contributed by atoms with Gasteiger partial charge in [0.1, 0.15) is 6.10 Å². The molecule has 0 spiro atoms. The van der Waals surface area contributed by atoms with Crippen LogP contribution in [-0.2, 0) is 4.74 Å². The predicted molar refractivity (Wildman–Crippen MR) is 80.9 cm³/mol. The Hall–Kier alpha value is -2.47. The molecular formula is C16H17N3O3. The zero-order valence-corrected chi connectivity index (χ0v) is 12.1. The fraction of sp³-hybridized carbons (Fsp3) is 0.312. The fourth-order valence-electron chi connectivity index (χ4n) is 2.22.